The van der Waals surface area contributed by atoms with Crippen molar-refractivity contribution in [2.24, 2.45) is 0 Å². The van der Waals surface area contributed by atoms with E-state index in [1.165, 1.54) is 7.11 Å². The van der Waals surface area contributed by atoms with Crippen molar-refractivity contribution in [1.29, 1.82) is 0 Å². The average molecular weight is 593 g/mol. The summed E-state index contributed by atoms with van der Waals surface area (Å²) in [7, 11) is 3.23. The molecule has 0 spiro atoms. The highest BCUT2D eigenvalue weighted by molar-refractivity contribution is 6.01. The lowest BCUT2D eigenvalue weighted by Crippen LogP contribution is -2.27. The minimum Gasteiger partial charge on any atom is -0.495 e. The van der Waals surface area contributed by atoms with E-state index in [1.807, 2.05) is 67.6 Å². The molecule has 9 heteroatoms. The van der Waals surface area contributed by atoms with Crippen LogP contribution in [0.25, 0.3) is 6.08 Å². The van der Waals surface area contributed by atoms with Gasteiger partial charge in [-0.05, 0) is 72.0 Å². The van der Waals surface area contributed by atoms with E-state index in [2.05, 4.69) is 15.6 Å². The fourth-order valence-corrected chi connectivity index (χ4v) is 4.43. The van der Waals surface area contributed by atoms with Gasteiger partial charge in [-0.1, -0.05) is 54.6 Å². The highest BCUT2D eigenvalue weighted by Crippen LogP contribution is 2.27. The molecule has 3 amide bonds. The lowest BCUT2D eigenvalue weighted by molar-refractivity contribution is -0.140. The fourth-order valence-electron chi connectivity index (χ4n) is 4.43. The van der Waals surface area contributed by atoms with Crippen LogP contribution >= 0.6 is 0 Å². The molecule has 4 aromatic rings. The second-order valence-electron chi connectivity index (χ2n) is 10.4. The van der Waals surface area contributed by atoms with Gasteiger partial charge in [-0.3, -0.25) is 9.78 Å². The van der Waals surface area contributed by atoms with Crippen molar-refractivity contribution in [2.45, 2.75) is 33.4 Å². The third-order valence-corrected chi connectivity index (χ3v) is 6.84. The largest absolute Gasteiger partial charge is 0.495 e. The number of esters is 1. The molecule has 0 bridgehead atoms. The lowest BCUT2D eigenvalue weighted by atomic mass is 10.1. The Morgan fingerprint density at radius 2 is 1.59 bits per heavy atom. The summed E-state index contributed by atoms with van der Waals surface area (Å²) in [6, 6.07) is 23.7. The van der Waals surface area contributed by atoms with Gasteiger partial charge in [0, 0.05) is 37.2 Å². The zero-order chi connectivity index (χ0) is 31.5. The number of ether oxygens (including phenoxy) is 2. The zero-order valence-corrected chi connectivity index (χ0v) is 25.3. The molecule has 0 saturated carbocycles. The van der Waals surface area contributed by atoms with Gasteiger partial charge in [0.25, 0.3) is 0 Å². The molecular formula is C35H36N4O5. The second kappa shape index (κ2) is 15.2. The highest BCUT2D eigenvalue weighted by Gasteiger charge is 2.15. The molecule has 0 aliphatic carbocycles. The van der Waals surface area contributed by atoms with Crippen LogP contribution in [0.1, 0.15) is 34.7 Å². The number of aromatic nitrogens is 1. The van der Waals surface area contributed by atoms with E-state index in [9.17, 15) is 14.4 Å². The lowest BCUT2D eigenvalue weighted by Gasteiger charge is -2.18. The average Bonchev–Trinajstić information content (AvgIpc) is 3.02. The molecule has 0 aliphatic rings. The van der Waals surface area contributed by atoms with Crippen molar-refractivity contribution in [1.82, 2.24) is 9.88 Å². The first-order valence-electron chi connectivity index (χ1n) is 14.1. The second-order valence-corrected chi connectivity index (χ2v) is 10.4. The van der Waals surface area contributed by atoms with Crippen molar-refractivity contribution < 1.29 is 23.9 Å². The van der Waals surface area contributed by atoms with Crippen LogP contribution in [0.15, 0.2) is 96.8 Å². The van der Waals surface area contributed by atoms with Crippen LogP contribution in [-0.4, -0.2) is 41.9 Å². The number of nitrogens with zero attached hydrogens (tertiary/aromatic N) is 2. The summed E-state index contributed by atoms with van der Waals surface area (Å²) in [4.78, 5) is 44.0. The number of likely N-dealkylation sites (N-methyl/N-ethyl adjacent to an activating group) is 1. The smallest absolute Gasteiger partial charge is 0.334 e. The van der Waals surface area contributed by atoms with Crippen molar-refractivity contribution in [3.63, 3.8) is 0 Å². The summed E-state index contributed by atoms with van der Waals surface area (Å²) in [6.45, 7) is 4.14. The number of carbonyl (C=O) groups is 3. The SMILES string of the molecule is COc1cc(CC(=O)N(C)Cc2cncc(C=C(C)C(=O)OCc3ccccc3)c2)ccc1NC(=O)Nc1ccccc1C. The molecule has 1 heterocycles. The van der Waals surface area contributed by atoms with Gasteiger partial charge < -0.3 is 25.0 Å². The van der Waals surface area contributed by atoms with Gasteiger partial charge >= 0.3 is 12.0 Å². The van der Waals surface area contributed by atoms with Crippen LogP contribution in [0.3, 0.4) is 0 Å². The Bertz CT molecular complexity index is 1650. The van der Waals surface area contributed by atoms with Gasteiger partial charge in [0.15, 0.2) is 0 Å². The number of carbonyl (C=O) groups excluding carboxylic acids is 3. The van der Waals surface area contributed by atoms with Gasteiger partial charge in [0.1, 0.15) is 12.4 Å². The molecule has 0 atom stereocenters. The van der Waals surface area contributed by atoms with E-state index in [-0.39, 0.29) is 18.9 Å². The number of aryl methyl sites for hydroxylation is 1. The first-order valence-corrected chi connectivity index (χ1v) is 14.1. The molecule has 4 rings (SSSR count). The summed E-state index contributed by atoms with van der Waals surface area (Å²) in [6.07, 6.45) is 5.20. The van der Waals surface area contributed by atoms with E-state index in [0.717, 1.165) is 27.8 Å². The number of urea groups is 1. The summed E-state index contributed by atoms with van der Waals surface area (Å²) < 4.78 is 10.9. The molecule has 9 nitrogen and oxygen atoms in total. The molecule has 2 N–H and O–H groups in total. The topological polar surface area (TPSA) is 110 Å². The number of rotatable bonds is 11. The van der Waals surface area contributed by atoms with Crippen molar-refractivity contribution >= 4 is 35.4 Å². The molecule has 0 radical (unpaired) electrons. The molecule has 44 heavy (non-hydrogen) atoms. The Balaban J connectivity index is 1.33. The van der Waals surface area contributed by atoms with E-state index in [1.54, 1.807) is 55.5 Å². The number of pyridine rings is 1. The number of hydrogen-bond acceptors (Lipinski definition) is 6. The summed E-state index contributed by atoms with van der Waals surface area (Å²) in [5, 5.41) is 5.63. The maximum absolute atomic E-state index is 13.1. The maximum Gasteiger partial charge on any atom is 0.334 e. The number of para-hydroxylation sites is 1. The summed E-state index contributed by atoms with van der Waals surface area (Å²) >= 11 is 0. The minimum absolute atomic E-state index is 0.105. The molecule has 0 unspecified atom stereocenters. The fraction of sp³-hybridized carbons (Fsp3) is 0.200. The Labute approximate surface area is 257 Å². The molecular weight excluding hydrogens is 556 g/mol. The maximum atomic E-state index is 13.1. The number of methoxy groups -OCH3 is 1. The molecule has 0 aliphatic heterocycles. The Hall–Kier alpha value is -5.44. The highest BCUT2D eigenvalue weighted by atomic mass is 16.5. The first kappa shape index (κ1) is 31.5. The van der Waals surface area contributed by atoms with Gasteiger partial charge in [-0.15, -0.1) is 0 Å². The number of hydrogen-bond donors (Lipinski definition) is 2. The van der Waals surface area contributed by atoms with E-state index in [0.29, 0.717) is 29.2 Å². The minimum atomic E-state index is -0.407. The predicted molar refractivity (Wildman–Crippen MR) is 171 cm³/mol. The number of nitrogens with one attached hydrogen (secondary N) is 2. The Morgan fingerprint density at radius 1 is 0.864 bits per heavy atom. The third-order valence-electron chi connectivity index (χ3n) is 6.84. The summed E-state index contributed by atoms with van der Waals surface area (Å²) in [5.41, 5.74) is 5.79. The number of amides is 3. The third kappa shape index (κ3) is 9.03. The van der Waals surface area contributed by atoms with Gasteiger partial charge in [0.05, 0.1) is 19.2 Å². The van der Waals surface area contributed by atoms with Gasteiger partial charge in [-0.25, -0.2) is 9.59 Å². The normalized spacial score (nSPS) is 11.0. The molecule has 226 valence electrons. The van der Waals surface area contributed by atoms with Crippen molar-refractivity contribution in [3.8, 4) is 5.75 Å². The standard InChI is InChI=1S/C35H36N4O5/c1-24-10-8-9-13-30(24)37-35(42)38-31-15-14-27(18-32(31)43-4)19-33(40)39(3)22-29-17-28(20-36-21-29)16-25(2)34(41)44-23-26-11-6-5-7-12-26/h5-18,20-21H,19,22-23H2,1-4H3,(H2,37,38,42). The molecule has 3 aromatic carbocycles. The van der Waals surface area contributed by atoms with Gasteiger partial charge in [0.2, 0.25) is 5.91 Å². The first-order chi connectivity index (χ1) is 21.2. The molecule has 1 aromatic heterocycles. The van der Waals surface area contributed by atoms with Gasteiger partial charge in [-0.2, -0.15) is 0 Å². The number of benzene rings is 3. The van der Waals surface area contributed by atoms with E-state index < -0.39 is 12.0 Å². The quantitative estimate of drug-likeness (QED) is 0.154. The number of anilines is 2. The van der Waals surface area contributed by atoms with Crippen LogP contribution in [0.4, 0.5) is 16.2 Å². The van der Waals surface area contributed by atoms with Crippen LogP contribution in [0, 0.1) is 6.92 Å². The van der Waals surface area contributed by atoms with E-state index in [4.69, 9.17) is 9.47 Å². The molecule has 0 fully saturated rings. The van der Waals surface area contributed by atoms with E-state index >= 15 is 0 Å². The Morgan fingerprint density at radius 3 is 2.34 bits per heavy atom. The predicted octanol–water partition coefficient (Wildman–Crippen LogP) is 6.39. The van der Waals surface area contributed by atoms with Crippen LogP contribution in [0.2, 0.25) is 0 Å². The zero-order valence-electron chi connectivity index (χ0n) is 25.3. The summed E-state index contributed by atoms with van der Waals surface area (Å²) in [5.74, 6) is -0.0685. The molecule has 0 saturated heterocycles. The van der Waals surface area contributed by atoms with Crippen LogP contribution < -0.4 is 15.4 Å². The van der Waals surface area contributed by atoms with Crippen LogP contribution in [0.5, 0.6) is 5.75 Å². The van der Waals surface area contributed by atoms with Crippen molar-refractivity contribution in [2.75, 3.05) is 24.8 Å². The Kier molecular flexibility index (Phi) is 10.8. The van der Waals surface area contributed by atoms with Crippen molar-refractivity contribution in [3.05, 3.63) is 125 Å². The van der Waals surface area contributed by atoms with Crippen LogP contribution in [-0.2, 0) is 33.9 Å². The monoisotopic (exact) mass is 592 g/mol.